The molecule has 96 valence electrons. The molecule has 2 N–H and O–H groups in total. The van der Waals surface area contributed by atoms with Crippen LogP contribution < -0.4 is 10.6 Å². The molecule has 1 fully saturated rings. The summed E-state index contributed by atoms with van der Waals surface area (Å²) in [6.07, 6.45) is 0.352. The first-order valence-corrected chi connectivity index (χ1v) is 6.26. The van der Waals surface area contributed by atoms with Crippen molar-refractivity contribution < 1.29 is 14.3 Å². The molecule has 2 rings (SSSR count). The van der Waals surface area contributed by atoms with Crippen LogP contribution in [0.25, 0.3) is 0 Å². The molecule has 0 aromatic heterocycles. The average molecular weight is 313 g/mol. The van der Waals surface area contributed by atoms with Crippen LogP contribution in [0.5, 0.6) is 0 Å². The fraction of sp³-hybridized carbons (Fsp3) is 0.333. The minimum absolute atomic E-state index is 0.00554. The van der Waals surface area contributed by atoms with E-state index in [1.54, 1.807) is 23.1 Å². The highest BCUT2D eigenvalue weighted by Crippen LogP contribution is 2.30. The van der Waals surface area contributed by atoms with Gasteiger partial charge in [-0.25, -0.2) is 4.79 Å². The van der Waals surface area contributed by atoms with Gasteiger partial charge in [-0.1, -0.05) is 0 Å². The van der Waals surface area contributed by atoms with Crippen molar-refractivity contribution >= 4 is 33.5 Å². The van der Waals surface area contributed by atoms with Gasteiger partial charge in [0.25, 0.3) is 0 Å². The van der Waals surface area contributed by atoms with Crippen molar-refractivity contribution in [2.24, 2.45) is 5.73 Å². The van der Waals surface area contributed by atoms with Gasteiger partial charge in [0.1, 0.15) is 0 Å². The third kappa shape index (κ3) is 2.39. The van der Waals surface area contributed by atoms with E-state index in [1.165, 1.54) is 7.11 Å². The predicted molar refractivity (Wildman–Crippen MR) is 70.4 cm³/mol. The van der Waals surface area contributed by atoms with Gasteiger partial charge >= 0.3 is 5.97 Å². The zero-order valence-electron chi connectivity index (χ0n) is 9.85. The van der Waals surface area contributed by atoms with Gasteiger partial charge in [0, 0.05) is 23.5 Å². The second-order valence-corrected chi connectivity index (χ2v) is 4.98. The molecule has 6 heteroatoms. The van der Waals surface area contributed by atoms with Crippen molar-refractivity contribution in [3.8, 4) is 0 Å². The number of amides is 1. The summed E-state index contributed by atoms with van der Waals surface area (Å²) in [6, 6.07) is 4.85. The molecule has 1 aliphatic rings. The average Bonchev–Trinajstić information content (AvgIpc) is 2.67. The Morgan fingerprint density at radius 1 is 1.56 bits per heavy atom. The van der Waals surface area contributed by atoms with Crippen LogP contribution >= 0.6 is 15.9 Å². The lowest BCUT2D eigenvalue weighted by atomic mass is 10.2. The topological polar surface area (TPSA) is 72.6 Å². The molecule has 1 unspecified atom stereocenters. The lowest BCUT2D eigenvalue weighted by Crippen LogP contribution is -2.28. The second kappa shape index (κ2) is 5.07. The molecular formula is C12H13BrN2O3. The standard InChI is InChI=1S/C12H13BrN2O3/c1-18-12(17)7-2-3-10(9(13)4-7)15-6-8(14)5-11(15)16/h2-4,8H,5-6,14H2,1H3. The first kappa shape index (κ1) is 13.0. The Balaban J connectivity index is 2.30. The van der Waals surface area contributed by atoms with Crippen LogP contribution in [0.3, 0.4) is 0 Å². The van der Waals surface area contributed by atoms with Crippen LogP contribution in [0, 0.1) is 0 Å². The summed E-state index contributed by atoms with van der Waals surface area (Å²) in [5.74, 6) is -0.416. The van der Waals surface area contributed by atoms with Crippen LogP contribution in [-0.4, -0.2) is 31.6 Å². The van der Waals surface area contributed by atoms with E-state index in [-0.39, 0.29) is 11.9 Å². The molecule has 1 aromatic carbocycles. The number of ether oxygens (including phenoxy) is 1. The number of anilines is 1. The SMILES string of the molecule is COC(=O)c1ccc(N2CC(N)CC2=O)c(Br)c1. The normalized spacial score (nSPS) is 19.2. The van der Waals surface area contributed by atoms with E-state index in [0.717, 1.165) is 5.69 Å². The molecule has 0 spiro atoms. The van der Waals surface area contributed by atoms with Crippen molar-refractivity contribution in [2.45, 2.75) is 12.5 Å². The van der Waals surface area contributed by atoms with Gasteiger partial charge in [-0.15, -0.1) is 0 Å². The second-order valence-electron chi connectivity index (χ2n) is 4.13. The summed E-state index contributed by atoms with van der Waals surface area (Å²) in [7, 11) is 1.33. The summed E-state index contributed by atoms with van der Waals surface area (Å²) in [5, 5.41) is 0. The highest BCUT2D eigenvalue weighted by Gasteiger charge is 2.29. The summed E-state index contributed by atoms with van der Waals surface area (Å²) in [5.41, 5.74) is 6.91. The van der Waals surface area contributed by atoms with Crippen molar-refractivity contribution in [3.63, 3.8) is 0 Å². The van der Waals surface area contributed by atoms with Crippen LogP contribution in [0.1, 0.15) is 16.8 Å². The van der Waals surface area contributed by atoms with Crippen molar-refractivity contribution in [3.05, 3.63) is 28.2 Å². The molecule has 18 heavy (non-hydrogen) atoms. The summed E-state index contributed by atoms with van der Waals surface area (Å²) < 4.78 is 5.31. The Hall–Kier alpha value is -1.40. The number of hydrogen-bond acceptors (Lipinski definition) is 4. The van der Waals surface area contributed by atoms with Gasteiger partial charge in [0.15, 0.2) is 0 Å². The smallest absolute Gasteiger partial charge is 0.337 e. The molecule has 5 nitrogen and oxygen atoms in total. The van der Waals surface area contributed by atoms with E-state index in [1.807, 2.05) is 0 Å². The van der Waals surface area contributed by atoms with Gasteiger partial charge in [0.2, 0.25) is 5.91 Å². The van der Waals surface area contributed by atoms with Gasteiger partial charge in [-0.05, 0) is 34.1 Å². The maximum Gasteiger partial charge on any atom is 0.337 e. The summed E-state index contributed by atoms with van der Waals surface area (Å²) >= 11 is 3.36. The Kier molecular flexibility index (Phi) is 3.68. The summed E-state index contributed by atoms with van der Waals surface area (Å²) in [6.45, 7) is 0.495. The third-order valence-electron chi connectivity index (χ3n) is 2.81. The maximum absolute atomic E-state index is 11.7. The quantitative estimate of drug-likeness (QED) is 0.835. The summed E-state index contributed by atoms with van der Waals surface area (Å²) in [4.78, 5) is 24.7. The van der Waals surface area contributed by atoms with Crippen LogP contribution in [-0.2, 0) is 9.53 Å². The first-order valence-electron chi connectivity index (χ1n) is 5.46. The number of methoxy groups -OCH3 is 1. The van der Waals surface area contributed by atoms with Gasteiger partial charge in [-0.3, -0.25) is 4.79 Å². The lowest BCUT2D eigenvalue weighted by Gasteiger charge is -2.18. The molecule has 1 aliphatic heterocycles. The van der Waals surface area contributed by atoms with E-state index < -0.39 is 5.97 Å². The Morgan fingerprint density at radius 2 is 2.28 bits per heavy atom. The number of nitrogens with two attached hydrogens (primary N) is 1. The van der Waals surface area contributed by atoms with Gasteiger partial charge in [-0.2, -0.15) is 0 Å². The maximum atomic E-state index is 11.7. The third-order valence-corrected chi connectivity index (χ3v) is 3.45. The van der Waals surface area contributed by atoms with E-state index in [2.05, 4.69) is 20.7 Å². The zero-order valence-corrected chi connectivity index (χ0v) is 11.4. The monoisotopic (exact) mass is 312 g/mol. The molecule has 1 saturated heterocycles. The molecule has 0 saturated carbocycles. The minimum atomic E-state index is -0.410. The highest BCUT2D eigenvalue weighted by molar-refractivity contribution is 9.10. The fourth-order valence-corrected chi connectivity index (χ4v) is 2.53. The molecule has 1 heterocycles. The van der Waals surface area contributed by atoms with Crippen LogP contribution in [0.4, 0.5) is 5.69 Å². The van der Waals surface area contributed by atoms with E-state index in [9.17, 15) is 9.59 Å². The minimum Gasteiger partial charge on any atom is -0.465 e. The van der Waals surface area contributed by atoms with E-state index in [4.69, 9.17) is 5.73 Å². The van der Waals surface area contributed by atoms with Crippen LogP contribution in [0.2, 0.25) is 0 Å². The number of carbonyl (C=O) groups excluding carboxylic acids is 2. The molecule has 1 aromatic rings. The number of halogens is 1. The van der Waals surface area contributed by atoms with Crippen molar-refractivity contribution in [1.29, 1.82) is 0 Å². The van der Waals surface area contributed by atoms with Crippen molar-refractivity contribution in [1.82, 2.24) is 0 Å². The Bertz CT molecular complexity index is 504. The lowest BCUT2D eigenvalue weighted by molar-refractivity contribution is -0.117. The van der Waals surface area contributed by atoms with E-state index in [0.29, 0.717) is 23.0 Å². The Labute approximate surface area is 113 Å². The first-order chi connectivity index (χ1) is 8.52. The number of benzene rings is 1. The highest BCUT2D eigenvalue weighted by atomic mass is 79.9. The Morgan fingerprint density at radius 3 is 2.78 bits per heavy atom. The number of esters is 1. The fourth-order valence-electron chi connectivity index (χ4n) is 1.94. The van der Waals surface area contributed by atoms with Crippen LogP contribution in [0.15, 0.2) is 22.7 Å². The molecule has 1 amide bonds. The predicted octanol–water partition coefficient (Wildman–Crippen LogP) is 1.30. The number of hydrogen-bond donors (Lipinski definition) is 1. The zero-order chi connectivity index (χ0) is 13.3. The molecular weight excluding hydrogens is 300 g/mol. The number of rotatable bonds is 2. The number of carbonyl (C=O) groups is 2. The number of nitrogens with zero attached hydrogens (tertiary/aromatic N) is 1. The largest absolute Gasteiger partial charge is 0.465 e. The molecule has 0 radical (unpaired) electrons. The van der Waals surface area contributed by atoms with Gasteiger partial charge in [0.05, 0.1) is 18.4 Å². The molecule has 1 atom stereocenters. The molecule has 0 aliphatic carbocycles. The van der Waals surface area contributed by atoms with E-state index >= 15 is 0 Å². The van der Waals surface area contributed by atoms with Crippen molar-refractivity contribution in [2.75, 3.05) is 18.6 Å². The van der Waals surface area contributed by atoms with Gasteiger partial charge < -0.3 is 15.4 Å². The molecule has 0 bridgehead atoms.